The molecule has 0 aliphatic rings. The number of methoxy groups -OCH3 is 2. The predicted octanol–water partition coefficient (Wildman–Crippen LogP) is 4.37. The Morgan fingerprint density at radius 2 is 1.92 bits per heavy atom. The smallest absolute Gasteiger partial charge is 0.204 e. The van der Waals surface area contributed by atoms with E-state index >= 15 is 0 Å². The highest BCUT2D eigenvalue weighted by molar-refractivity contribution is 7.17. The van der Waals surface area contributed by atoms with Gasteiger partial charge in [-0.15, -0.1) is 11.3 Å². The summed E-state index contributed by atoms with van der Waals surface area (Å²) in [5, 5.41) is 0.812. The van der Waals surface area contributed by atoms with E-state index in [0.29, 0.717) is 16.2 Å². The molecule has 0 amide bonds. The van der Waals surface area contributed by atoms with Gasteiger partial charge in [0.1, 0.15) is 16.5 Å². The number of ether oxygens (including phenoxy) is 2. The molecule has 0 fully saturated rings. The molecular formula is C19H17NO3S. The van der Waals surface area contributed by atoms with Crippen LogP contribution in [0.1, 0.15) is 20.8 Å². The number of hydrogen-bond acceptors (Lipinski definition) is 5. The van der Waals surface area contributed by atoms with Crippen molar-refractivity contribution >= 4 is 17.1 Å². The van der Waals surface area contributed by atoms with Gasteiger partial charge in [0.05, 0.1) is 19.1 Å². The molecule has 1 aromatic heterocycles. The third-order valence-corrected chi connectivity index (χ3v) is 4.75. The van der Waals surface area contributed by atoms with Gasteiger partial charge in [-0.1, -0.05) is 12.1 Å². The van der Waals surface area contributed by atoms with Crippen LogP contribution in [0.25, 0.3) is 10.6 Å². The van der Waals surface area contributed by atoms with Crippen molar-refractivity contribution in [3.63, 3.8) is 0 Å². The molecule has 0 aliphatic carbocycles. The molecule has 0 radical (unpaired) electrons. The van der Waals surface area contributed by atoms with Crippen LogP contribution < -0.4 is 9.47 Å². The van der Waals surface area contributed by atoms with Crippen LogP contribution in [0.2, 0.25) is 0 Å². The van der Waals surface area contributed by atoms with Crippen LogP contribution in [0.15, 0.2) is 48.7 Å². The Morgan fingerprint density at radius 3 is 2.62 bits per heavy atom. The Hall–Kier alpha value is -2.66. The first-order valence-corrected chi connectivity index (χ1v) is 8.23. The first-order valence-electron chi connectivity index (χ1n) is 7.42. The molecule has 122 valence electrons. The second kappa shape index (κ2) is 6.84. The fraction of sp³-hybridized carbons (Fsp3) is 0.158. The quantitative estimate of drug-likeness (QED) is 0.648. The van der Waals surface area contributed by atoms with Crippen LogP contribution in [0.3, 0.4) is 0 Å². The molecule has 3 aromatic rings. The van der Waals surface area contributed by atoms with Gasteiger partial charge in [-0.25, -0.2) is 4.98 Å². The Balaban J connectivity index is 1.90. The number of nitrogens with zero attached hydrogens (tertiary/aromatic N) is 1. The number of hydrogen-bond donors (Lipinski definition) is 0. The molecule has 0 saturated carbocycles. The summed E-state index contributed by atoms with van der Waals surface area (Å²) >= 11 is 1.38. The number of rotatable bonds is 5. The van der Waals surface area contributed by atoms with E-state index in [4.69, 9.17) is 9.47 Å². The normalized spacial score (nSPS) is 10.5. The lowest BCUT2D eigenvalue weighted by atomic mass is 10.1. The van der Waals surface area contributed by atoms with E-state index in [2.05, 4.69) is 4.98 Å². The number of carbonyl (C=O) groups is 1. The highest BCUT2D eigenvalue weighted by atomic mass is 32.1. The molecule has 4 nitrogen and oxygen atoms in total. The lowest BCUT2D eigenvalue weighted by Crippen LogP contribution is -1.98. The van der Waals surface area contributed by atoms with Gasteiger partial charge in [0.15, 0.2) is 0 Å². The maximum Gasteiger partial charge on any atom is 0.204 e. The monoisotopic (exact) mass is 339 g/mol. The zero-order chi connectivity index (χ0) is 17.1. The Kier molecular flexibility index (Phi) is 4.62. The van der Waals surface area contributed by atoms with E-state index in [1.54, 1.807) is 38.6 Å². The summed E-state index contributed by atoms with van der Waals surface area (Å²) in [4.78, 5) is 17.6. The second-order valence-corrected chi connectivity index (χ2v) is 6.31. The maximum absolute atomic E-state index is 12.6. The average molecular weight is 339 g/mol. The van der Waals surface area contributed by atoms with Crippen LogP contribution in [0.4, 0.5) is 0 Å². The Bertz CT molecular complexity index is 886. The number of aryl methyl sites for hydroxylation is 1. The van der Waals surface area contributed by atoms with E-state index in [1.165, 1.54) is 11.3 Å². The molecule has 3 rings (SSSR count). The van der Waals surface area contributed by atoms with Crippen LogP contribution >= 0.6 is 11.3 Å². The summed E-state index contributed by atoms with van der Waals surface area (Å²) < 4.78 is 10.5. The molecule has 0 bridgehead atoms. The topological polar surface area (TPSA) is 48.4 Å². The molecule has 0 saturated heterocycles. The van der Waals surface area contributed by atoms with Crippen molar-refractivity contribution in [1.82, 2.24) is 4.98 Å². The number of thiazole rings is 1. The third kappa shape index (κ3) is 3.16. The zero-order valence-corrected chi connectivity index (χ0v) is 14.5. The molecule has 0 aliphatic heterocycles. The van der Waals surface area contributed by atoms with Crippen molar-refractivity contribution in [3.8, 4) is 22.1 Å². The minimum absolute atomic E-state index is 0.0529. The van der Waals surface area contributed by atoms with E-state index in [9.17, 15) is 4.79 Å². The minimum atomic E-state index is -0.0529. The number of benzene rings is 2. The standard InChI is InChI=1S/C19H17NO3S/c1-12-9-14(7-8-16(12)23-3)19-20-11-17(24-19)18(21)13-5-4-6-15(10-13)22-2/h4-11H,1-3H3. The van der Waals surface area contributed by atoms with Gasteiger partial charge < -0.3 is 9.47 Å². The van der Waals surface area contributed by atoms with Gasteiger partial charge in [0.2, 0.25) is 5.78 Å². The van der Waals surface area contributed by atoms with E-state index in [1.807, 2.05) is 31.2 Å². The summed E-state index contributed by atoms with van der Waals surface area (Å²) in [5.74, 6) is 1.45. The van der Waals surface area contributed by atoms with Gasteiger partial charge in [-0.3, -0.25) is 4.79 Å². The van der Waals surface area contributed by atoms with Crippen LogP contribution in [0, 0.1) is 6.92 Å². The number of carbonyl (C=O) groups excluding carboxylic acids is 1. The lowest BCUT2D eigenvalue weighted by molar-refractivity contribution is 0.104. The summed E-state index contributed by atoms with van der Waals surface area (Å²) in [7, 11) is 3.23. The largest absolute Gasteiger partial charge is 0.497 e. The first kappa shape index (κ1) is 16.2. The van der Waals surface area contributed by atoms with Gasteiger partial charge >= 0.3 is 0 Å². The van der Waals surface area contributed by atoms with Crippen molar-refractivity contribution in [2.24, 2.45) is 0 Å². The second-order valence-electron chi connectivity index (χ2n) is 5.28. The molecule has 0 unspecified atom stereocenters. The minimum Gasteiger partial charge on any atom is -0.497 e. The highest BCUT2D eigenvalue weighted by Gasteiger charge is 2.15. The lowest BCUT2D eigenvalue weighted by Gasteiger charge is -2.05. The summed E-state index contributed by atoms with van der Waals surface area (Å²) in [6, 6.07) is 13.0. The van der Waals surface area contributed by atoms with E-state index < -0.39 is 0 Å². The summed E-state index contributed by atoms with van der Waals surface area (Å²) in [6.07, 6.45) is 1.63. The predicted molar refractivity (Wildman–Crippen MR) is 95.3 cm³/mol. The van der Waals surface area contributed by atoms with Gasteiger partial charge in [-0.05, 0) is 42.8 Å². The van der Waals surface area contributed by atoms with Crippen molar-refractivity contribution in [2.75, 3.05) is 14.2 Å². The van der Waals surface area contributed by atoms with Gasteiger partial charge in [0.25, 0.3) is 0 Å². The van der Waals surface area contributed by atoms with Crippen LogP contribution in [-0.2, 0) is 0 Å². The van der Waals surface area contributed by atoms with Crippen LogP contribution in [-0.4, -0.2) is 25.0 Å². The average Bonchev–Trinajstić information content (AvgIpc) is 3.11. The number of ketones is 1. The van der Waals surface area contributed by atoms with E-state index in [0.717, 1.165) is 21.9 Å². The Labute approximate surface area is 144 Å². The molecule has 24 heavy (non-hydrogen) atoms. The summed E-state index contributed by atoms with van der Waals surface area (Å²) in [5.41, 5.74) is 2.60. The van der Waals surface area contributed by atoms with Crippen molar-refractivity contribution in [3.05, 3.63) is 64.7 Å². The number of aromatic nitrogens is 1. The molecule has 0 N–H and O–H groups in total. The van der Waals surface area contributed by atoms with E-state index in [-0.39, 0.29) is 5.78 Å². The maximum atomic E-state index is 12.6. The molecule has 1 heterocycles. The van der Waals surface area contributed by atoms with Crippen molar-refractivity contribution in [2.45, 2.75) is 6.92 Å². The van der Waals surface area contributed by atoms with Crippen LogP contribution in [0.5, 0.6) is 11.5 Å². The fourth-order valence-corrected chi connectivity index (χ4v) is 3.31. The van der Waals surface area contributed by atoms with Crippen molar-refractivity contribution < 1.29 is 14.3 Å². The fourth-order valence-electron chi connectivity index (χ4n) is 2.43. The highest BCUT2D eigenvalue weighted by Crippen LogP contribution is 2.30. The third-order valence-electron chi connectivity index (χ3n) is 3.70. The van der Waals surface area contributed by atoms with Gasteiger partial charge in [-0.2, -0.15) is 0 Å². The molecular weight excluding hydrogens is 322 g/mol. The molecule has 0 atom stereocenters. The van der Waals surface area contributed by atoms with Crippen molar-refractivity contribution in [1.29, 1.82) is 0 Å². The first-order chi connectivity index (χ1) is 11.6. The SMILES string of the molecule is COc1cccc(C(=O)c2cnc(-c3ccc(OC)c(C)c3)s2)c1. The van der Waals surface area contributed by atoms with Gasteiger partial charge in [0, 0.05) is 17.3 Å². The molecule has 0 spiro atoms. The molecule has 2 aromatic carbocycles. The summed E-state index contributed by atoms with van der Waals surface area (Å²) in [6.45, 7) is 1.98. The Morgan fingerprint density at radius 1 is 1.08 bits per heavy atom. The molecule has 5 heteroatoms. The zero-order valence-electron chi connectivity index (χ0n) is 13.7.